The number of aromatic amines is 1. The van der Waals surface area contributed by atoms with Crippen LogP contribution < -0.4 is 5.56 Å². The molecule has 6 heteroatoms. The predicted octanol–water partition coefficient (Wildman–Crippen LogP) is 4.04. The van der Waals surface area contributed by atoms with E-state index in [1.54, 1.807) is 0 Å². The normalized spacial score (nSPS) is 23.8. The van der Waals surface area contributed by atoms with Crippen LogP contribution in [-0.2, 0) is 11.0 Å². The molecule has 0 radical (unpaired) electrons. The molecule has 6 nitrogen and oxygen atoms in total. The second kappa shape index (κ2) is 6.34. The Morgan fingerprint density at radius 1 is 1.35 bits per heavy atom. The van der Waals surface area contributed by atoms with Crippen LogP contribution in [0.3, 0.4) is 0 Å². The van der Waals surface area contributed by atoms with Crippen molar-refractivity contribution in [1.82, 2.24) is 10.1 Å². The van der Waals surface area contributed by atoms with Gasteiger partial charge >= 0.3 is 6.09 Å². The number of carboxylic acid groups (broad SMARTS) is 1. The van der Waals surface area contributed by atoms with Crippen molar-refractivity contribution in [2.45, 2.75) is 57.4 Å². The Morgan fingerprint density at radius 2 is 2.08 bits per heavy atom. The fourth-order valence-electron chi connectivity index (χ4n) is 3.87. The van der Waals surface area contributed by atoms with Crippen LogP contribution in [0.5, 0.6) is 0 Å². The number of nitrogens with one attached hydrogen (secondary N) is 1. The first-order valence-corrected chi connectivity index (χ1v) is 8.91. The Kier molecular flexibility index (Phi) is 4.46. The van der Waals surface area contributed by atoms with Gasteiger partial charge in [-0.3, -0.25) is 9.69 Å². The Bertz CT molecular complexity index is 861. The number of benzene rings is 1. The lowest BCUT2D eigenvalue weighted by atomic mass is 9.74. The lowest BCUT2D eigenvalue weighted by Gasteiger charge is -2.46. The second-order valence-corrected chi connectivity index (χ2v) is 8.34. The highest BCUT2D eigenvalue weighted by Gasteiger charge is 2.44. The van der Waals surface area contributed by atoms with Gasteiger partial charge in [0.1, 0.15) is 5.76 Å². The highest BCUT2D eigenvalue weighted by Crippen LogP contribution is 2.44. The molecule has 3 rings (SSSR count). The minimum absolute atomic E-state index is 0.00663. The molecule has 140 valence electrons. The van der Waals surface area contributed by atoms with Crippen LogP contribution in [0.25, 0.3) is 0 Å². The summed E-state index contributed by atoms with van der Waals surface area (Å²) in [7, 11) is 0. The fourth-order valence-corrected chi connectivity index (χ4v) is 3.87. The Balaban J connectivity index is 2.03. The van der Waals surface area contributed by atoms with E-state index in [0.29, 0.717) is 25.1 Å². The molecule has 0 spiro atoms. The molecule has 26 heavy (non-hydrogen) atoms. The van der Waals surface area contributed by atoms with E-state index in [-0.39, 0.29) is 16.9 Å². The summed E-state index contributed by atoms with van der Waals surface area (Å²) in [6.07, 6.45) is 0.262. The minimum atomic E-state index is -0.928. The monoisotopic (exact) mass is 358 g/mol. The zero-order chi connectivity index (χ0) is 19.1. The summed E-state index contributed by atoms with van der Waals surface area (Å²) in [4.78, 5) is 24.9. The third-order valence-corrected chi connectivity index (χ3v) is 5.47. The van der Waals surface area contributed by atoms with Crippen molar-refractivity contribution in [3.05, 3.63) is 57.6 Å². The Hall–Kier alpha value is -2.50. The summed E-state index contributed by atoms with van der Waals surface area (Å²) in [5.41, 5.74) is 1.15. The topological polar surface area (TPSA) is 86.5 Å². The zero-order valence-corrected chi connectivity index (χ0v) is 15.7. The fraction of sp³-hybridized carbons (Fsp3) is 0.500. The average molecular weight is 358 g/mol. The summed E-state index contributed by atoms with van der Waals surface area (Å²) < 4.78 is 5.30. The molecule has 1 aromatic carbocycles. The molecule has 1 amide bonds. The van der Waals surface area contributed by atoms with E-state index in [0.717, 1.165) is 11.1 Å². The first-order chi connectivity index (χ1) is 12.1. The average Bonchev–Trinajstić information content (AvgIpc) is 3.00. The van der Waals surface area contributed by atoms with E-state index in [2.05, 4.69) is 38.1 Å². The second-order valence-electron chi connectivity index (χ2n) is 8.34. The van der Waals surface area contributed by atoms with E-state index in [4.69, 9.17) is 4.52 Å². The highest BCUT2D eigenvalue weighted by atomic mass is 16.5. The van der Waals surface area contributed by atoms with Crippen LogP contribution in [0.1, 0.15) is 63.3 Å². The molecule has 1 saturated heterocycles. The summed E-state index contributed by atoms with van der Waals surface area (Å²) >= 11 is 0. The van der Waals surface area contributed by atoms with Crippen LogP contribution in [0.2, 0.25) is 0 Å². The number of likely N-dealkylation sites (tertiary alicyclic amines) is 1. The molecule has 1 fully saturated rings. The van der Waals surface area contributed by atoms with E-state index < -0.39 is 11.6 Å². The summed E-state index contributed by atoms with van der Waals surface area (Å²) in [5, 5.41) is 12.1. The Morgan fingerprint density at radius 3 is 2.65 bits per heavy atom. The molecule has 2 heterocycles. The number of hydrogen-bond acceptors (Lipinski definition) is 3. The van der Waals surface area contributed by atoms with E-state index >= 15 is 0 Å². The van der Waals surface area contributed by atoms with Gasteiger partial charge in [-0.15, -0.1) is 0 Å². The first kappa shape index (κ1) is 18.3. The van der Waals surface area contributed by atoms with Gasteiger partial charge < -0.3 is 9.63 Å². The van der Waals surface area contributed by atoms with Crippen LogP contribution in [-0.4, -0.2) is 27.8 Å². The summed E-state index contributed by atoms with van der Waals surface area (Å²) in [5.74, 6) is 0.589. The van der Waals surface area contributed by atoms with Crippen LogP contribution in [0.4, 0.5) is 4.79 Å². The molecule has 2 N–H and O–H groups in total. The predicted molar refractivity (Wildman–Crippen MR) is 98.5 cm³/mol. The molecule has 1 aliphatic heterocycles. The molecular formula is C20H26N2O4. The molecule has 1 aromatic heterocycles. The quantitative estimate of drug-likeness (QED) is 0.848. The third kappa shape index (κ3) is 3.28. The lowest BCUT2D eigenvalue weighted by molar-refractivity contribution is 0.0439. The van der Waals surface area contributed by atoms with Crippen molar-refractivity contribution in [1.29, 1.82) is 0 Å². The van der Waals surface area contributed by atoms with Crippen molar-refractivity contribution in [2.75, 3.05) is 6.54 Å². The molecule has 0 unspecified atom stereocenters. The van der Waals surface area contributed by atoms with Gasteiger partial charge in [-0.05, 0) is 36.3 Å². The van der Waals surface area contributed by atoms with Gasteiger partial charge in [0, 0.05) is 18.5 Å². The van der Waals surface area contributed by atoms with Gasteiger partial charge in [-0.25, -0.2) is 4.79 Å². The number of hydrogen-bond donors (Lipinski definition) is 2. The van der Waals surface area contributed by atoms with Gasteiger partial charge in [0.2, 0.25) is 0 Å². The van der Waals surface area contributed by atoms with Crippen molar-refractivity contribution in [2.24, 2.45) is 0 Å². The minimum Gasteiger partial charge on any atom is -0.465 e. The van der Waals surface area contributed by atoms with E-state index in [9.17, 15) is 14.7 Å². The molecule has 0 aliphatic carbocycles. The summed E-state index contributed by atoms with van der Waals surface area (Å²) in [6.45, 7) is 8.77. The number of rotatable bonds is 2. The molecule has 2 aromatic rings. The van der Waals surface area contributed by atoms with Crippen LogP contribution in [0.15, 0.2) is 39.6 Å². The number of amides is 1. The number of nitrogens with zero attached hydrogens (tertiary/aromatic N) is 1. The maximum atomic E-state index is 11.9. The van der Waals surface area contributed by atoms with Crippen LogP contribution >= 0.6 is 0 Å². The highest BCUT2D eigenvalue weighted by molar-refractivity contribution is 5.67. The van der Waals surface area contributed by atoms with Gasteiger partial charge in [0.15, 0.2) is 0 Å². The molecule has 0 bridgehead atoms. The lowest BCUT2D eigenvalue weighted by Crippen LogP contribution is -2.51. The molecule has 0 saturated carbocycles. The third-order valence-electron chi connectivity index (χ3n) is 5.47. The van der Waals surface area contributed by atoms with Gasteiger partial charge in [-0.2, -0.15) is 5.16 Å². The van der Waals surface area contributed by atoms with Crippen LogP contribution in [0, 0.1) is 0 Å². The maximum Gasteiger partial charge on any atom is 0.408 e. The number of carbonyl (C=O) groups is 1. The number of H-pyrrole nitrogens is 1. The maximum absolute atomic E-state index is 11.9. The van der Waals surface area contributed by atoms with Crippen molar-refractivity contribution >= 4 is 6.09 Å². The SMILES string of the molecule is CC(C)(C)c1cccc([C@]2(C)C[C@H](c3cc(=O)[nH]o3)CCN2C(=O)O)c1. The summed E-state index contributed by atoms with van der Waals surface area (Å²) in [6, 6.07) is 9.62. The largest absolute Gasteiger partial charge is 0.465 e. The Labute approximate surface area is 152 Å². The van der Waals surface area contributed by atoms with Gasteiger partial charge in [-0.1, -0.05) is 45.0 Å². The zero-order valence-electron chi connectivity index (χ0n) is 15.7. The smallest absolute Gasteiger partial charge is 0.408 e. The van der Waals surface area contributed by atoms with E-state index in [1.165, 1.54) is 11.0 Å². The van der Waals surface area contributed by atoms with E-state index in [1.807, 2.05) is 19.1 Å². The number of aromatic nitrogens is 1. The molecular weight excluding hydrogens is 332 g/mol. The first-order valence-electron chi connectivity index (χ1n) is 8.91. The van der Waals surface area contributed by atoms with Gasteiger partial charge in [0.25, 0.3) is 5.56 Å². The van der Waals surface area contributed by atoms with Crippen molar-refractivity contribution in [3.8, 4) is 0 Å². The van der Waals surface area contributed by atoms with Gasteiger partial charge in [0.05, 0.1) is 5.54 Å². The van der Waals surface area contributed by atoms with Crippen molar-refractivity contribution < 1.29 is 14.4 Å². The van der Waals surface area contributed by atoms with Crippen molar-refractivity contribution in [3.63, 3.8) is 0 Å². The number of piperidine rings is 1. The molecule has 1 aliphatic rings. The molecule has 2 atom stereocenters. The standard InChI is InChI=1S/C20H26N2O4/c1-19(2,3)14-6-5-7-15(10-14)20(4)12-13(8-9-22(20)18(24)25)16-11-17(23)21-26-16/h5-7,10-11,13H,8-9,12H2,1-4H3,(H,21,23)(H,24,25)/t13-,20+/m1/s1.